The van der Waals surface area contributed by atoms with E-state index in [1.807, 2.05) is 45.0 Å². The minimum atomic E-state index is -0.665. The first kappa shape index (κ1) is 28.9. The number of benzene rings is 1. The van der Waals surface area contributed by atoms with E-state index in [2.05, 4.69) is 27.4 Å². The Bertz CT molecular complexity index is 1080. The van der Waals surface area contributed by atoms with Gasteiger partial charge in [-0.25, -0.2) is 9.59 Å². The molecule has 1 aromatic carbocycles. The van der Waals surface area contributed by atoms with Crippen molar-refractivity contribution in [2.75, 3.05) is 46.4 Å². The van der Waals surface area contributed by atoms with Crippen LogP contribution in [-0.2, 0) is 23.8 Å². The summed E-state index contributed by atoms with van der Waals surface area (Å²) >= 11 is 0. The number of imide groups is 1. The number of carbonyl (C=O) groups is 4. The molecular weight excluding hydrogens is 492 g/mol. The van der Waals surface area contributed by atoms with Gasteiger partial charge in [0.2, 0.25) is 11.8 Å². The van der Waals surface area contributed by atoms with Crippen LogP contribution in [-0.4, -0.2) is 91.9 Å². The van der Waals surface area contributed by atoms with Gasteiger partial charge in [0.15, 0.2) is 0 Å². The van der Waals surface area contributed by atoms with E-state index in [4.69, 9.17) is 14.2 Å². The van der Waals surface area contributed by atoms with E-state index in [0.717, 1.165) is 37.4 Å². The van der Waals surface area contributed by atoms with Gasteiger partial charge in [-0.05, 0) is 44.9 Å². The van der Waals surface area contributed by atoms with E-state index in [-0.39, 0.29) is 30.6 Å². The molecule has 38 heavy (non-hydrogen) atoms. The van der Waals surface area contributed by atoms with Gasteiger partial charge in [0.05, 0.1) is 26.3 Å². The summed E-state index contributed by atoms with van der Waals surface area (Å²) in [6.07, 6.45) is -0.844. The molecule has 0 aromatic heterocycles. The maximum Gasteiger partial charge on any atom is 0.411 e. The Hall–Kier alpha value is -3.62. The molecule has 0 spiro atoms. The summed E-state index contributed by atoms with van der Waals surface area (Å²) in [4.78, 5) is 49.9. The SMILES string of the molecule is CNC(=O)OC(C)(C)C.O=C1CCC(N2CC(c3cccc(C#CCN4CCOCC4)c3)OC2=O)C(=O)N1. The molecule has 3 heterocycles. The molecule has 3 aliphatic heterocycles. The number of hydrogen-bond donors (Lipinski definition) is 2. The molecule has 0 aliphatic carbocycles. The highest BCUT2D eigenvalue weighted by molar-refractivity contribution is 6.01. The van der Waals surface area contributed by atoms with Crippen molar-refractivity contribution in [3.8, 4) is 11.8 Å². The van der Waals surface area contributed by atoms with Crippen molar-refractivity contribution in [2.24, 2.45) is 0 Å². The zero-order valence-corrected chi connectivity index (χ0v) is 22.4. The van der Waals surface area contributed by atoms with Crippen molar-refractivity contribution in [1.29, 1.82) is 0 Å². The fourth-order valence-electron chi connectivity index (χ4n) is 4.05. The second-order valence-electron chi connectivity index (χ2n) is 10.1. The summed E-state index contributed by atoms with van der Waals surface area (Å²) in [6.45, 7) is 9.70. The van der Waals surface area contributed by atoms with Crippen LogP contribution < -0.4 is 10.6 Å². The number of nitrogens with one attached hydrogen (secondary N) is 2. The third-order valence-corrected chi connectivity index (χ3v) is 5.93. The molecule has 0 radical (unpaired) electrons. The van der Waals surface area contributed by atoms with Gasteiger partial charge in [-0.3, -0.25) is 24.7 Å². The van der Waals surface area contributed by atoms with Crippen molar-refractivity contribution < 1.29 is 33.4 Å². The summed E-state index contributed by atoms with van der Waals surface area (Å²) in [5.41, 5.74) is 1.30. The predicted molar refractivity (Wildman–Crippen MR) is 138 cm³/mol. The second-order valence-corrected chi connectivity index (χ2v) is 10.1. The largest absolute Gasteiger partial charge is 0.444 e. The molecule has 4 amide bonds. The molecule has 11 nitrogen and oxygen atoms in total. The molecule has 2 unspecified atom stereocenters. The Morgan fingerprint density at radius 3 is 2.58 bits per heavy atom. The van der Waals surface area contributed by atoms with E-state index < -0.39 is 24.1 Å². The summed E-state index contributed by atoms with van der Waals surface area (Å²) in [5, 5.41) is 4.64. The third kappa shape index (κ3) is 8.75. The number of alkyl carbamates (subject to hydrolysis) is 1. The van der Waals surface area contributed by atoms with Gasteiger partial charge in [0, 0.05) is 32.1 Å². The highest BCUT2D eigenvalue weighted by Crippen LogP contribution is 2.29. The minimum Gasteiger partial charge on any atom is -0.444 e. The second kappa shape index (κ2) is 13.3. The van der Waals surface area contributed by atoms with E-state index in [9.17, 15) is 19.2 Å². The topological polar surface area (TPSA) is 127 Å². The fourth-order valence-corrected chi connectivity index (χ4v) is 4.05. The first-order valence-electron chi connectivity index (χ1n) is 12.7. The number of piperidine rings is 1. The average molecular weight is 529 g/mol. The quantitative estimate of drug-likeness (QED) is 0.449. The van der Waals surface area contributed by atoms with Crippen LogP contribution in [0.2, 0.25) is 0 Å². The smallest absolute Gasteiger partial charge is 0.411 e. The highest BCUT2D eigenvalue weighted by atomic mass is 16.6. The Morgan fingerprint density at radius 2 is 1.95 bits per heavy atom. The fraction of sp³-hybridized carbons (Fsp3) is 0.556. The number of carbonyl (C=O) groups excluding carboxylic acids is 4. The predicted octanol–water partition coefficient (Wildman–Crippen LogP) is 1.81. The van der Waals surface area contributed by atoms with Gasteiger partial charge in [-0.2, -0.15) is 0 Å². The van der Waals surface area contributed by atoms with Crippen molar-refractivity contribution >= 4 is 24.0 Å². The number of cyclic esters (lactones) is 1. The standard InChI is InChI=1S/C21H23N3O5.C6H13NO2/c25-19-7-6-17(20(26)22-19)24-14-18(29-21(24)27)16-5-1-3-15(13-16)4-2-8-23-9-11-28-12-10-23;1-6(2,3)9-5(8)7-4/h1,3,5,13,17-18H,6-12,14H2,(H,22,25,26);1-4H3,(H,7,8). The van der Waals surface area contributed by atoms with Crippen LogP contribution >= 0.6 is 0 Å². The first-order chi connectivity index (χ1) is 18.1. The van der Waals surface area contributed by atoms with Gasteiger partial charge >= 0.3 is 12.2 Å². The van der Waals surface area contributed by atoms with E-state index >= 15 is 0 Å². The number of ether oxygens (including phenoxy) is 3. The third-order valence-electron chi connectivity index (χ3n) is 5.93. The summed E-state index contributed by atoms with van der Waals surface area (Å²) in [5.74, 6) is 5.60. The highest BCUT2D eigenvalue weighted by Gasteiger charge is 2.41. The molecule has 0 bridgehead atoms. The Balaban J connectivity index is 0.000000383. The lowest BCUT2D eigenvalue weighted by molar-refractivity contribution is -0.136. The van der Waals surface area contributed by atoms with Crippen molar-refractivity contribution in [2.45, 2.75) is 51.4 Å². The van der Waals surface area contributed by atoms with Gasteiger partial charge in [-0.1, -0.05) is 24.0 Å². The van der Waals surface area contributed by atoms with E-state index in [1.165, 1.54) is 11.9 Å². The molecule has 3 saturated heterocycles. The first-order valence-corrected chi connectivity index (χ1v) is 12.7. The van der Waals surface area contributed by atoms with Gasteiger partial charge in [-0.15, -0.1) is 0 Å². The molecule has 206 valence electrons. The number of hydrogen-bond acceptors (Lipinski definition) is 8. The molecule has 2 atom stereocenters. The van der Waals surface area contributed by atoms with Crippen LogP contribution in [0.25, 0.3) is 0 Å². The van der Waals surface area contributed by atoms with Crippen LogP contribution in [0.4, 0.5) is 9.59 Å². The maximum absolute atomic E-state index is 12.3. The summed E-state index contributed by atoms with van der Waals surface area (Å²) in [6, 6.07) is 6.94. The molecule has 11 heteroatoms. The molecule has 0 saturated carbocycles. The van der Waals surface area contributed by atoms with Crippen molar-refractivity contribution in [3.63, 3.8) is 0 Å². The van der Waals surface area contributed by atoms with Crippen LogP contribution in [0.3, 0.4) is 0 Å². The van der Waals surface area contributed by atoms with Crippen LogP contribution in [0, 0.1) is 11.8 Å². The lowest BCUT2D eigenvalue weighted by Gasteiger charge is -2.27. The zero-order valence-electron chi connectivity index (χ0n) is 22.4. The Labute approximate surface area is 223 Å². The number of amides is 4. The van der Waals surface area contributed by atoms with Crippen LogP contribution in [0.5, 0.6) is 0 Å². The monoisotopic (exact) mass is 528 g/mol. The average Bonchev–Trinajstić information content (AvgIpc) is 3.25. The maximum atomic E-state index is 12.3. The number of nitrogens with zero attached hydrogens (tertiary/aromatic N) is 2. The normalized spacial score (nSPS) is 21.8. The number of morpholine rings is 1. The molecule has 2 N–H and O–H groups in total. The molecule has 1 aromatic rings. The molecule has 4 rings (SSSR count). The van der Waals surface area contributed by atoms with Gasteiger partial charge in [0.1, 0.15) is 17.7 Å². The van der Waals surface area contributed by atoms with E-state index in [0.29, 0.717) is 13.0 Å². The van der Waals surface area contributed by atoms with Crippen molar-refractivity contribution in [1.82, 2.24) is 20.4 Å². The Morgan fingerprint density at radius 1 is 1.21 bits per heavy atom. The Kier molecular flexibility index (Phi) is 10.1. The van der Waals surface area contributed by atoms with Gasteiger partial charge in [0.25, 0.3) is 0 Å². The minimum absolute atomic E-state index is 0.221. The molecular formula is C27H36N4O7. The van der Waals surface area contributed by atoms with Crippen LogP contribution in [0.1, 0.15) is 50.8 Å². The lowest BCUT2D eigenvalue weighted by Crippen LogP contribution is -2.52. The summed E-state index contributed by atoms with van der Waals surface area (Å²) in [7, 11) is 1.54. The molecule has 3 aliphatic rings. The molecule has 3 fully saturated rings. The zero-order chi connectivity index (χ0) is 27.7. The lowest BCUT2D eigenvalue weighted by atomic mass is 10.0. The number of rotatable bonds is 3. The van der Waals surface area contributed by atoms with E-state index in [1.54, 1.807) is 0 Å². The van der Waals surface area contributed by atoms with Gasteiger partial charge < -0.3 is 19.5 Å². The summed E-state index contributed by atoms with van der Waals surface area (Å²) < 4.78 is 15.7. The van der Waals surface area contributed by atoms with Crippen molar-refractivity contribution in [3.05, 3.63) is 35.4 Å². The van der Waals surface area contributed by atoms with Crippen LogP contribution in [0.15, 0.2) is 24.3 Å².